The van der Waals surface area contributed by atoms with Crippen molar-refractivity contribution in [2.75, 3.05) is 38.7 Å². The maximum Gasteiger partial charge on any atom is 0.273 e. The van der Waals surface area contributed by atoms with Crippen LogP contribution >= 0.6 is 0 Å². The van der Waals surface area contributed by atoms with Crippen LogP contribution < -0.4 is 15.8 Å². The first kappa shape index (κ1) is 18.4. The molecule has 3 heterocycles. The second-order valence-corrected chi connectivity index (χ2v) is 5.90. The summed E-state index contributed by atoms with van der Waals surface area (Å²) in [7, 11) is 2.00. The fraction of sp³-hybridized carbons (Fsp3) is 0.375. The molecule has 0 aliphatic carbocycles. The van der Waals surface area contributed by atoms with E-state index in [9.17, 15) is 4.79 Å². The van der Waals surface area contributed by atoms with Crippen molar-refractivity contribution in [1.29, 1.82) is 5.26 Å². The summed E-state index contributed by atoms with van der Waals surface area (Å²) < 4.78 is 11.4. The highest BCUT2D eigenvalue weighted by atomic mass is 16.5. The van der Waals surface area contributed by atoms with Crippen LogP contribution in [0.1, 0.15) is 16.2 Å². The molecular formula is C16H18N8O3. The Balaban J connectivity index is 1.73. The largest absolute Gasteiger partial charge is 0.488 e. The van der Waals surface area contributed by atoms with E-state index in [-0.39, 0.29) is 35.7 Å². The summed E-state index contributed by atoms with van der Waals surface area (Å²) in [4.78, 5) is 21.7. The number of nitrogens with zero attached hydrogens (tertiary/aromatic N) is 6. The number of nitriles is 1. The lowest BCUT2D eigenvalue weighted by Gasteiger charge is -2.29. The minimum absolute atomic E-state index is 0.0735. The Morgan fingerprint density at radius 1 is 1.44 bits per heavy atom. The molecule has 1 amide bonds. The molecule has 3 N–H and O–H groups in total. The summed E-state index contributed by atoms with van der Waals surface area (Å²) in [6.07, 6.45) is 2.58. The SMILES string of the molecule is CN1CCOC(COc2cc(Nc3cnc(C#N)cn3)nnc2C(N)=O)C1. The number of aromatic nitrogens is 4. The molecule has 11 nitrogen and oxygen atoms in total. The molecule has 0 aromatic carbocycles. The smallest absolute Gasteiger partial charge is 0.273 e. The Labute approximate surface area is 155 Å². The molecule has 1 unspecified atom stereocenters. The summed E-state index contributed by atoms with van der Waals surface area (Å²) in [5, 5.41) is 19.3. The minimum atomic E-state index is -0.746. The van der Waals surface area contributed by atoms with Crippen LogP contribution in [-0.4, -0.2) is 70.4 Å². The highest BCUT2D eigenvalue weighted by Gasteiger charge is 2.20. The van der Waals surface area contributed by atoms with Crippen molar-refractivity contribution in [3.63, 3.8) is 0 Å². The number of amides is 1. The van der Waals surface area contributed by atoms with E-state index in [0.29, 0.717) is 12.4 Å². The molecule has 2 aromatic rings. The monoisotopic (exact) mass is 370 g/mol. The number of hydrogen-bond donors (Lipinski definition) is 2. The highest BCUT2D eigenvalue weighted by Crippen LogP contribution is 2.21. The summed E-state index contributed by atoms with van der Waals surface area (Å²) in [6, 6.07) is 3.38. The predicted molar refractivity (Wildman–Crippen MR) is 93.3 cm³/mol. The first-order chi connectivity index (χ1) is 13.0. The molecule has 1 aliphatic rings. The van der Waals surface area contributed by atoms with Crippen molar-refractivity contribution in [1.82, 2.24) is 25.1 Å². The molecule has 1 saturated heterocycles. The summed E-state index contributed by atoms with van der Waals surface area (Å²) >= 11 is 0. The van der Waals surface area contributed by atoms with Crippen LogP contribution in [0.25, 0.3) is 0 Å². The molecule has 0 bridgehead atoms. The number of morpholine rings is 1. The number of carbonyl (C=O) groups is 1. The fourth-order valence-corrected chi connectivity index (χ4v) is 2.45. The molecule has 140 valence electrons. The summed E-state index contributed by atoms with van der Waals surface area (Å²) in [5.41, 5.74) is 5.46. The Kier molecular flexibility index (Phi) is 5.70. The van der Waals surface area contributed by atoms with Gasteiger partial charge >= 0.3 is 0 Å². The van der Waals surface area contributed by atoms with Crippen LogP contribution in [-0.2, 0) is 4.74 Å². The first-order valence-electron chi connectivity index (χ1n) is 8.15. The average molecular weight is 370 g/mol. The Morgan fingerprint density at radius 3 is 2.96 bits per heavy atom. The number of ether oxygens (including phenoxy) is 2. The van der Waals surface area contributed by atoms with Crippen molar-refractivity contribution >= 4 is 17.5 Å². The van der Waals surface area contributed by atoms with Crippen molar-refractivity contribution in [3.05, 3.63) is 29.8 Å². The molecule has 0 spiro atoms. The number of nitrogens with two attached hydrogens (primary N) is 1. The number of anilines is 2. The number of hydrogen-bond acceptors (Lipinski definition) is 10. The second kappa shape index (κ2) is 8.35. The maximum absolute atomic E-state index is 11.6. The van der Waals surface area contributed by atoms with Gasteiger partial charge in [-0.2, -0.15) is 5.26 Å². The van der Waals surface area contributed by atoms with Gasteiger partial charge in [0.1, 0.15) is 24.6 Å². The van der Waals surface area contributed by atoms with Gasteiger partial charge in [-0.1, -0.05) is 0 Å². The Bertz CT molecular complexity index is 852. The molecule has 0 saturated carbocycles. The zero-order valence-electron chi connectivity index (χ0n) is 14.6. The molecule has 27 heavy (non-hydrogen) atoms. The van der Waals surface area contributed by atoms with Crippen LogP contribution in [0.15, 0.2) is 18.5 Å². The zero-order chi connectivity index (χ0) is 19.2. The molecule has 0 radical (unpaired) electrons. The normalized spacial score (nSPS) is 17.1. The predicted octanol–water partition coefficient (Wildman–Crippen LogP) is -0.310. The summed E-state index contributed by atoms with van der Waals surface area (Å²) in [5.74, 6) is 0.0938. The first-order valence-corrected chi connectivity index (χ1v) is 8.15. The minimum Gasteiger partial charge on any atom is -0.488 e. The van der Waals surface area contributed by atoms with Gasteiger partial charge in [-0.15, -0.1) is 10.2 Å². The van der Waals surface area contributed by atoms with Gasteiger partial charge in [-0.25, -0.2) is 9.97 Å². The quantitative estimate of drug-likeness (QED) is 0.692. The third kappa shape index (κ3) is 4.84. The number of rotatable bonds is 6. The Hall–Kier alpha value is -3.36. The molecule has 1 atom stereocenters. The van der Waals surface area contributed by atoms with Crippen LogP contribution in [0.4, 0.5) is 11.6 Å². The van der Waals surface area contributed by atoms with Crippen molar-refractivity contribution < 1.29 is 14.3 Å². The number of primary amides is 1. The van der Waals surface area contributed by atoms with Gasteiger partial charge in [-0.05, 0) is 7.05 Å². The highest BCUT2D eigenvalue weighted by molar-refractivity contribution is 5.93. The van der Waals surface area contributed by atoms with Gasteiger partial charge in [0.05, 0.1) is 19.0 Å². The lowest BCUT2D eigenvalue weighted by molar-refractivity contribution is -0.0405. The third-order valence-electron chi connectivity index (χ3n) is 3.78. The molecule has 1 aliphatic heterocycles. The number of nitrogens with one attached hydrogen (secondary N) is 1. The van der Waals surface area contributed by atoms with Crippen molar-refractivity contribution in [2.45, 2.75) is 6.10 Å². The van der Waals surface area contributed by atoms with Crippen molar-refractivity contribution in [2.24, 2.45) is 5.73 Å². The number of likely N-dealkylation sites (N-methyl/N-ethyl adjacent to an activating group) is 1. The van der Waals surface area contributed by atoms with E-state index >= 15 is 0 Å². The standard InChI is InChI=1S/C16H18N8O3/c1-24-2-3-26-11(8-24)9-27-12-4-13(22-23-15(12)16(18)25)21-14-7-19-10(5-17)6-20-14/h4,6-7,11H,2-3,8-9H2,1H3,(H2,18,25)(H,20,21,22). The van der Waals surface area contributed by atoms with E-state index in [1.54, 1.807) is 0 Å². The maximum atomic E-state index is 11.6. The molecule has 2 aromatic heterocycles. The average Bonchev–Trinajstić information content (AvgIpc) is 2.67. The third-order valence-corrected chi connectivity index (χ3v) is 3.78. The molecule has 11 heteroatoms. The zero-order valence-corrected chi connectivity index (χ0v) is 14.6. The van der Waals surface area contributed by atoms with Gasteiger partial charge in [-0.3, -0.25) is 4.79 Å². The van der Waals surface area contributed by atoms with Gasteiger partial charge in [0.15, 0.2) is 23.0 Å². The van der Waals surface area contributed by atoms with Crippen LogP contribution in [0.5, 0.6) is 5.75 Å². The van der Waals surface area contributed by atoms with E-state index in [1.807, 2.05) is 13.1 Å². The fourth-order valence-electron chi connectivity index (χ4n) is 2.45. The van der Waals surface area contributed by atoms with E-state index in [4.69, 9.17) is 20.5 Å². The van der Waals surface area contributed by atoms with Crippen LogP contribution in [0, 0.1) is 11.3 Å². The van der Waals surface area contributed by atoms with Crippen LogP contribution in [0.3, 0.4) is 0 Å². The number of carbonyl (C=O) groups excluding carboxylic acids is 1. The topological polar surface area (TPSA) is 152 Å². The van der Waals surface area contributed by atoms with E-state index < -0.39 is 5.91 Å². The van der Waals surface area contributed by atoms with Crippen LogP contribution in [0.2, 0.25) is 0 Å². The van der Waals surface area contributed by atoms with Gasteiger partial charge < -0.3 is 25.4 Å². The lowest BCUT2D eigenvalue weighted by atomic mass is 10.3. The van der Waals surface area contributed by atoms with Crippen molar-refractivity contribution in [3.8, 4) is 11.8 Å². The van der Waals surface area contributed by atoms with E-state index in [2.05, 4.69) is 30.4 Å². The summed E-state index contributed by atoms with van der Waals surface area (Å²) in [6.45, 7) is 2.44. The van der Waals surface area contributed by atoms with E-state index in [1.165, 1.54) is 18.5 Å². The molecular weight excluding hydrogens is 352 g/mol. The molecule has 3 rings (SSSR count). The lowest BCUT2D eigenvalue weighted by Crippen LogP contribution is -2.42. The van der Waals surface area contributed by atoms with Gasteiger partial charge in [0.2, 0.25) is 0 Å². The van der Waals surface area contributed by atoms with E-state index in [0.717, 1.165) is 13.1 Å². The van der Waals surface area contributed by atoms with Gasteiger partial charge in [0, 0.05) is 19.2 Å². The Morgan fingerprint density at radius 2 is 2.30 bits per heavy atom. The van der Waals surface area contributed by atoms with Gasteiger partial charge in [0.25, 0.3) is 5.91 Å². The molecule has 1 fully saturated rings. The second-order valence-electron chi connectivity index (χ2n) is 5.90.